The average molecular weight is 237 g/mol. The van der Waals surface area contributed by atoms with E-state index in [-0.39, 0.29) is 5.92 Å². The van der Waals surface area contributed by atoms with Crippen LogP contribution in [0.15, 0.2) is 24.5 Å². The summed E-state index contributed by atoms with van der Waals surface area (Å²) in [7, 11) is 0. The van der Waals surface area contributed by atoms with Crippen molar-refractivity contribution in [3.8, 4) is 0 Å². The minimum absolute atomic E-state index is 0.136. The molecule has 6 nitrogen and oxygen atoms in total. The smallest absolute Gasteiger partial charge is 0.266 e. The standard InChI is InChI=1S/C11H15N3O3/c1-7(2)9(11(16)14-17)13-10(15)8-4-3-5-12-6-8/h3-7,9,17H,1-2H3,(H,13,15)(H,14,16)/t9-/m1/s1. The highest BCUT2D eigenvalue weighted by molar-refractivity contribution is 5.97. The molecule has 0 aromatic carbocycles. The second-order valence-corrected chi connectivity index (χ2v) is 3.91. The number of carbonyl (C=O) groups excluding carboxylic acids is 2. The zero-order chi connectivity index (χ0) is 12.8. The lowest BCUT2D eigenvalue weighted by Crippen LogP contribution is -2.48. The largest absolute Gasteiger partial charge is 0.340 e. The number of amides is 2. The first-order valence-corrected chi connectivity index (χ1v) is 5.21. The third-order valence-electron chi connectivity index (χ3n) is 2.27. The van der Waals surface area contributed by atoms with Crippen molar-refractivity contribution < 1.29 is 14.8 Å². The maximum Gasteiger partial charge on any atom is 0.266 e. The number of nitrogens with zero attached hydrogens (tertiary/aromatic N) is 1. The Hall–Kier alpha value is -1.95. The van der Waals surface area contributed by atoms with Gasteiger partial charge in [-0.25, -0.2) is 5.48 Å². The van der Waals surface area contributed by atoms with Crippen LogP contribution in [0.2, 0.25) is 0 Å². The summed E-state index contributed by atoms with van der Waals surface area (Å²) in [6.07, 6.45) is 2.96. The molecule has 0 aliphatic rings. The normalized spacial score (nSPS) is 12.0. The van der Waals surface area contributed by atoms with Gasteiger partial charge in [0, 0.05) is 12.4 Å². The lowest BCUT2D eigenvalue weighted by molar-refractivity contribution is -0.132. The third-order valence-corrected chi connectivity index (χ3v) is 2.27. The lowest BCUT2D eigenvalue weighted by atomic mass is 10.0. The molecule has 17 heavy (non-hydrogen) atoms. The van der Waals surface area contributed by atoms with Gasteiger partial charge in [0.25, 0.3) is 11.8 Å². The van der Waals surface area contributed by atoms with E-state index in [0.717, 1.165) is 0 Å². The molecule has 0 aliphatic carbocycles. The van der Waals surface area contributed by atoms with Crippen LogP contribution in [0.5, 0.6) is 0 Å². The molecule has 0 fully saturated rings. The molecule has 0 unspecified atom stereocenters. The van der Waals surface area contributed by atoms with E-state index in [1.807, 2.05) is 0 Å². The number of carbonyl (C=O) groups is 2. The van der Waals surface area contributed by atoms with E-state index < -0.39 is 17.9 Å². The van der Waals surface area contributed by atoms with Gasteiger partial charge in [0.05, 0.1) is 5.56 Å². The van der Waals surface area contributed by atoms with Gasteiger partial charge in [-0.1, -0.05) is 13.8 Å². The van der Waals surface area contributed by atoms with Crippen LogP contribution in [0, 0.1) is 5.92 Å². The van der Waals surface area contributed by atoms with Gasteiger partial charge in [-0.2, -0.15) is 0 Å². The summed E-state index contributed by atoms with van der Waals surface area (Å²) in [5.74, 6) is -1.18. The maximum absolute atomic E-state index is 11.8. The summed E-state index contributed by atoms with van der Waals surface area (Å²) in [5, 5.41) is 11.1. The molecule has 0 radical (unpaired) electrons. The van der Waals surface area contributed by atoms with Crippen molar-refractivity contribution >= 4 is 11.8 Å². The molecule has 1 rings (SSSR count). The Kier molecular flexibility index (Phi) is 4.59. The highest BCUT2D eigenvalue weighted by atomic mass is 16.5. The van der Waals surface area contributed by atoms with E-state index in [2.05, 4.69) is 10.3 Å². The van der Waals surface area contributed by atoms with Crippen molar-refractivity contribution in [1.82, 2.24) is 15.8 Å². The number of pyridine rings is 1. The zero-order valence-corrected chi connectivity index (χ0v) is 9.68. The molecule has 0 spiro atoms. The molecule has 1 aromatic rings. The third kappa shape index (κ3) is 3.53. The Morgan fingerprint density at radius 3 is 2.59 bits per heavy atom. The predicted molar refractivity (Wildman–Crippen MR) is 60.3 cm³/mol. The van der Waals surface area contributed by atoms with Crippen LogP contribution in [0.4, 0.5) is 0 Å². The van der Waals surface area contributed by atoms with E-state index in [1.165, 1.54) is 11.7 Å². The number of aromatic nitrogens is 1. The van der Waals surface area contributed by atoms with Crippen LogP contribution >= 0.6 is 0 Å². The molecule has 92 valence electrons. The van der Waals surface area contributed by atoms with Gasteiger partial charge in [0.1, 0.15) is 6.04 Å². The summed E-state index contributed by atoms with van der Waals surface area (Å²) in [6.45, 7) is 3.53. The Labute approximate surface area is 99.0 Å². The SMILES string of the molecule is CC(C)[C@@H](NC(=O)c1cccnc1)C(=O)NO. The summed E-state index contributed by atoms with van der Waals surface area (Å²) in [5.41, 5.74) is 1.90. The van der Waals surface area contributed by atoms with Crippen molar-refractivity contribution in [3.63, 3.8) is 0 Å². The van der Waals surface area contributed by atoms with E-state index in [9.17, 15) is 9.59 Å². The molecule has 1 heterocycles. The highest BCUT2D eigenvalue weighted by Gasteiger charge is 2.24. The number of rotatable bonds is 4. The first-order chi connectivity index (χ1) is 8.06. The molecule has 1 atom stereocenters. The topological polar surface area (TPSA) is 91.3 Å². The summed E-state index contributed by atoms with van der Waals surface area (Å²) in [4.78, 5) is 26.9. The molecule has 2 amide bonds. The second kappa shape index (κ2) is 5.95. The number of hydrogen-bond acceptors (Lipinski definition) is 4. The summed E-state index contributed by atoms with van der Waals surface area (Å²) < 4.78 is 0. The van der Waals surface area contributed by atoms with Gasteiger partial charge in [-0.15, -0.1) is 0 Å². The quantitative estimate of drug-likeness (QED) is 0.520. The van der Waals surface area contributed by atoms with Gasteiger partial charge >= 0.3 is 0 Å². The Bertz CT molecular complexity index is 392. The van der Waals surface area contributed by atoms with Crippen LogP contribution < -0.4 is 10.8 Å². The second-order valence-electron chi connectivity index (χ2n) is 3.91. The molecule has 1 aromatic heterocycles. The van der Waals surface area contributed by atoms with Gasteiger partial charge in [-0.05, 0) is 18.1 Å². The highest BCUT2D eigenvalue weighted by Crippen LogP contribution is 2.04. The van der Waals surface area contributed by atoms with E-state index in [4.69, 9.17) is 5.21 Å². The fourth-order valence-corrected chi connectivity index (χ4v) is 1.33. The fraction of sp³-hybridized carbons (Fsp3) is 0.364. The molecular formula is C11H15N3O3. The van der Waals surface area contributed by atoms with E-state index >= 15 is 0 Å². The molecule has 6 heteroatoms. The lowest BCUT2D eigenvalue weighted by Gasteiger charge is -2.19. The van der Waals surface area contributed by atoms with Crippen LogP contribution in [-0.4, -0.2) is 28.0 Å². The van der Waals surface area contributed by atoms with Crippen molar-refractivity contribution in [2.24, 2.45) is 5.92 Å². The van der Waals surface area contributed by atoms with Crippen molar-refractivity contribution in [2.75, 3.05) is 0 Å². The maximum atomic E-state index is 11.8. The van der Waals surface area contributed by atoms with Gasteiger partial charge < -0.3 is 5.32 Å². The van der Waals surface area contributed by atoms with Crippen molar-refractivity contribution in [3.05, 3.63) is 30.1 Å². The first-order valence-electron chi connectivity index (χ1n) is 5.21. The fourth-order valence-electron chi connectivity index (χ4n) is 1.33. The van der Waals surface area contributed by atoms with Gasteiger partial charge in [0.15, 0.2) is 0 Å². The minimum atomic E-state index is -0.785. The Morgan fingerprint density at radius 1 is 1.41 bits per heavy atom. The van der Waals surface area contributed by atoms with Crippen molar-refractivity contribution in [2.45, 2.75) is 19.9 Å². The Morgan fingerprint density at radius 2 is 2.12 bits per heavy atom. The predicted octanol–water partition coefficient (Wildman–Crippen LogP) is 0.341. The number of hydrogen-bond donors (Lipinski definition) is 3. The van der Waals surface area contributed by atoms with Crippen molar-refractivity contribution in [1.29, 1.82) is 0 Å². The molecular weight excluding hydrogens is 222 g/mol. The van der Waals surface area contributed by atoms with Gasteiger partial charge in [0.2, 0.25) is 0 Å². The summed E-state index contributed by atoms with van der Waals surface area (Å²) >= 11 is 0. The van der Waals surface area contributed by atoms with Gasteiger partial charge in [-0.3, -0.25) is 19.8 Å². The average Bonchev–Trinajstić information content (AvgIpc) is 2.35. The van der Waals surface area contributed by atoms with E-state index in [1.54, 1.807) is 32.2 Å². The monoisotopic (exact) mass is 237 g/mol. The van der Waals surface area contributed by atoms with Crippen LogP contribution in [0.1, 0.15) is 24.2 Å². The minimum Gasteiger partial charge on any atom is -0.340 e. The Balaban J connectivity index is 2.75. The van der Waals surface area contributed by atoms with Crippen LogP contribution in [0.25, 0.3) is 0 Å². The molecule has 0 aliphatic heterocycles. The first kappa shape index (κ1) is 13.1. The molecule has 0 saturated carbocycles. The molecule has 3 N–H and O–H groups in total. The van der Waals surface area contributed by atoms with Crippen LogP contribution in [-0.2, 0) is 4.79 Å². The zero-order valence-electron chi connectivity index (χ0n) is 9.68. The summed E-state index contributed by atoms with van der Waals surface area (Å²) in [6, 6.07) is 2.44. The van der Waals surface area contributed by atoms with Crippen LogP contribution in [0.3, 0.4) is 0 Å². The number of hydroxylamine groups is 1. The molecule has 0 bridgehead atoms. The molecule has 0 saturated heterocycles. The number of nitrogens with one attached hydrogen (secondary N) is 2. The van der Waals surface area contributed by atoms with E-state index in [0.29, 0.717) is 5.56 Å².